The second kappa shape index (κ2) is 8.69. The van der Waals surface area contributed by atoms with Gasteiger partial charge in [-0.3, -0.25) is 9.59 Å². The average Bonchev–Trinajstić information content (AvgIpc) is 3.17. The monoisotopic (exact) mass is 457 g/mol. The number of Topliss-reactive ketones (excluding diaryl/α,β-unsaturated/α-hetero) is 1. The summed E-state index contributed by atoms with van der Waals surface area (Å²) in [6.07, 6.45) is -0.241. The number of hydrogen-bond acceptors (Lipinski definition) is 3. The quantitative estimate of drug-likeness (QED) is 0.327. The summed E-state index contributed by atoms with van der Waals surface area (Å²) in [6, 6.07) is 8.95. The van der Waals surface area contributed by atoms with Crippen molar-refractivity contribution in [3.05, 3.63) is 88.0 Å². The van der Waals surface area contributed by atoms with Gasteiger partial charge in [-0.25, -0.2) is 17.6 Å². The number of hydrogen-bond donors (Lipinski definition) is 1. The van der Waals surface area contributed by atoms with E-state index in [2.05, 4.69) is 5.32 Å². The Bertz CT molecular complexity index is 1290. The number of carbonyl (C=O) groups excluding carboxylic acids is 2. The van der Waals surface area contributed by atoms with Crippen LogP contribution in [0.1, 0.15) is 38.8 Å². The van der Waals surface area contributed by atoms with Crippen molar-refractivity contribution < 1.29 is 31.9 Å². The Balaban J connectivity index is 1.58. The van der Waals surface area contributed by atoms with Crippen LogP contribution in [0.2, 0.25) is 0 Å². The molecule has 3 aromatic carbocycles. The molecule has 0 aromatic heterocycles. The summed E-state index contributed by atoms with van der Waals surface area (Å²) in [6.45, 7) is 3.11. The van der Waals surface area contributed by atoms with Gasteiger partial charge in [0.15, 0.2) is 17.4 Å². The van der Waals surface area contributed by atoms with Crippen LogP contribution < -0.4 is 10.1 Å². The molecule has 1 N–H and O–H groups in total. The van der Waals surface area contributed by atoms with Gasteiger partial charge in [-0.1, -0.05) is 6.07 Å². The maximum Gasteiger partial charge on any atom is 0.257 e. The fraction of sp³-hybridized carbons (Fsp3) is 0.200. The summed E-state index contributed by atoms with van der Waals surface area (Å²) in [4.78, 5) is 24.0. The summed E-state index contributed by atoms with van der Waals surface area (Å²) < 4.78 is 61.7. The van der Waals surface area contributed by atoms with Crippen molar-refractivity contribution in [1.82, 2.24) is 5.32 Å². The number of ether oxygens (including phenoxy) is 1. The molecular weight excluding hydrogens is 438 g/mol. The van der Waals surface area contributed by atoms with E-state index in [-0.39, 0.29) is 17.9 Å². The number of benzene rings is 3. The molecular formula is C25H19F4NO3. The fourth-order valence-electron chi connectivity index (χ4n) is 3.89. The molecule has 1 aliphatic heterocycles. The van der Waals surface area contributed by atoms with Gasteiger partial charge < -0.3 is 10.1 Å². The molecule has 33 heavy (non-hydrogen) atoms. The van der Waals surface area contributed by atoms with Gasteiger partial charge in [-0.15, -0.1) is 0 Å². The van der Waals surface area contributed by atoms with Crippen LogP contribution in [0.5, 0.6) is 5.75 Å². The summed E-state index contributed by atoms with van der Waals surface area (Å²) in [5, 5.41) is 2.36. The largest absolute Gasteiger partial charge is 0.487 e. The lowest BCUT2D eigenvalue weighted by Crippen LogP contribution is -2.35. The Morgan fingerprint density at radius 3 is 2.39 bits per heavy atom. The van der Waals surface area contributed by atoms with Crippen molar-refractivity contribution in [2.45, 2.75) is 26.4 Å². The number of carbonyl (C=O) groups is 2. The van der Waals surface area contributed by atoms with Crippen LogP contribution >= 0.6 is 0 Å². The van der Waals surface area contributed by atoms with Gasteiger partial charge in [-0.05, 0) is 61.4 Å². The Morgan fingerprint density at radius 2 is 1.67 bits per heavy atom. The van der Waals surface area contributed by atoms with Crippen molar-refractivity contribution in [1.29, 1.82) is 0 Å². The van der Waals surface area contributed by atoms with E-state index in [4.69, 9.17) is 4.74 Å². The topological polar surface area (TPSA) is 55.4 Å². The molecule has 1 heterocycles. The second-order valence-corrected chi connectivity index (χ2v) is 7.92. The number of amides is 1. The first-order valence-electron chi connectivity index (χ1n) is 10.2. The maximum absolute atomic E-state index is 14.6. The highest BCUT2D eigenvalue weighted by atomic mass is 19.2. The lowest BCUT2D eigenvalue weighted by Gasteiger charge is -2.15. The van der Waals surface area contributed by atoms with E-state index in [0.29, 0.717) is 35.4 Å². The molecule has 1 amide bonds. The van der Waals surface area contributed by atoms with Gasteiger partial charge in [0, 0.05) is 23.1 Å². The predicted molar refractivity (Wildman–Crippen MR) is 113 cm³/mol. The lowest BCUT2D eigenvalue weighted by atomic mass is 9.95. The maximum atomic E-state index is 14.6. The van der Waals surface area contributed by atoms with E-state index in [1.165, 1.54) is 25.1 Å². The molecule has 0 bridgehead atoms. The highest BCUT2D eigenvalue weighted by molar-refractivity contribution is 5.96. The third kappa shape index (κ3) is 4.33. The molecule has 4 nitrogen and oxygen atoms in total. The predicted octanol–water partition coefficient (Wildman–Crippen LogP) is 5.15. The molecule has 1 atom stereocenters. The number of ketones is 1. The Kier molecular flexibility index (Phi) is 5.93. The van der Waals surface area contributed by atoms with E-state index < -0.39 is 40.8 Å². The normalized spacial score (nSPS) is 14.5. The summed E-state index contributed by atoms with van der Waals surface area (Å²) in [7, 11) is 0. The minimum absolute atomic E-state index is 0.114. The van der Waals surface area contributed by atoms with Crippen molar-refractivity contribution in [3.8, 4) is 16.9 Å². The fourth-order valence-corrected chi connectivity index (χ4v) is 3.89. The molecule has 1 aliphatic rings. The zero-order chi connectivity index (χ0) is 23.9. The molecule has 8 heteroatoms. The minimum Gasteiger partial charge on any atom is -0.487 e. The van der Waals surface area contributed by atoms with Crippen LogP contribution in [0, 0.1) is 30.2 Å². The molecule has 170 valence electrons. The van der Waals surface area contributed by atoms with E-state index in [0.717, 1.165) is 11.1 Å². The molecule has 4 rings (SSSR count). The highest BCUT2D eigenvalue weighted by Crippen LogP contribution is 2.41. The van der Waals surface area contributed by atoms with Crippen LogP contribution in [0.4, 0.5) is 17.6 Å². The first-order chi connectivity index (χ1) is 15.7. The molecule has 0 aliphatic carbocycles. The van der Waals surface area contributed by atoms with Gasteiger partial charge in [0.2, 0.25) is 0 Å². The minimum atomic E-state index is -1.57. The molecule has 0 spiro atoms. The Labute approximate surface area is 187 Å². The van der Waals surface area contributed by atoms with Crippen molar-refractivity contribution in [2.24, 2.45) is 0 Å². The molecule has 0 saturated heterocycles. The SMILES string of the molecule is CC(=O)c1ccc(F)c(-c2cc(C)cc3c2OC(CNC(=O)c2c(F)ccc(F)c2F)C3)c1. The number of halogens is 4. The lowest BCUT2D eigenvalue weighted by molar-refractivity contribution is 0.0923. The number of fused-ring (bicyclic) bond motifs is 1. The summed E-state index contributed by atoms with van der Waals surface area (Å²) in [5.41, 5.74) is 1.61. The van der Waals surface area contributed by atoms with E-state index in [1.54, 1.807) is 6.07 Å². The molecule has 0 saturated carbocycles. The van der Waals surface area contributed by atoms with Crippen molar-refractivity contribution in [3.63, 3.8) is 0 Å². The number of aryl methyl sites for hydroxylation is 1. The van der Waals surface area contributed by atoms with Crippen molar-refractivity contribution >= 4 is 11.7 Å². The van der Waals surface area contributed by atoms with Crippen LogP contribution in [-0.4, -0.2) is 24.3 Å². The summed E-state index contributed by atoms with van der Waals surface area (Å²) in [5.74, 6) is -5.52. The van der Waals surface area contributed by atoms with Crippen molar-refractivity contribution in [2.75, 3.05) is 6.54 Å². The zero-order valence-electron chi connectivity index (χ0n) is 17.8. The second-order valence-electron chi connectivity index (χ2n) is 7.92. The molecule has 3 aromatic rings. The van der Waals surface area contributed by atoms with Crippen LogP contribution in [0.15, 0.2) is 42.5 Å². The number of nitrogens with one attached hydrogen (secondary N) is 1. The Hall–Kier alpha value is -3.68. The first-order valence-corrected chi connectivity index (χ1v) is 10.2. The third-order valence-electron chi connectivity index (χ3n) is 5.47. The van der Waals surface area contributed by atoms with E-state index in [1.807, 2.05) is 13.0 Å². The standard InChI is InChI=1S/C25H19F4NO3/c1-12-7-15-9-16(11-30-25(32)22-20(27)5-6-21(28)23(22)29)33-24(15)18(8-12)17-10-14(13(2)31)3-4-19(17)26/h3-8,10,16H,9,11H2,1-2H3,(H,30,32). The van der Waals surface area contributed by atoms with Gasteiger partial charge >= 0.3 is 0 Å². The molecule has 0 radical (unpaired) electrons. The van der Waals surface area contributed by atoms with E-state index >= 15 is 0 Å². The highest BCUT2D eigenvalue weighted by Gasteiger charge is 2.29. The van der Waals surface area contributed by atoms with Crippen LogP contribution in [-0.2, 0) is 6.42 Å². The van der Waals surface area contributed by atoms with E-state index in [9.17, 15) is 27.2 Å². The molecule has 1 unspecified atom stereocenters. The smallest absolute Gasteiger partial charge is 0.257 e. The van der Waals surface area contributed by atoms with Gasteiger partial charge in [0.05, 0.1) is 6.54 Å². The summed E-state index contributed by atoms with van der Waals surface area (Å²) >= 11 is 0. The first kappa shape index (κ1) is 22.5. The van der Waals surface area contributed by atoms with Gasteiger partial charge in [0.25, 0.3) is 5.91 Å². The van der Waals surface area contributed by atoms with Gasteiger partial charge in [-0.2, -0.15) is 0 Å². The van der Waals surface area contributed by atoms with Gasteiger partial charge in [0.1, 0.15) is 29.1 Å². The average molecular weight is 457 g/mol. The van der Waals surface area contributed by atoms with Crippen LogP contribution in [0.25, 0.3) is 11.1 Å². The number of rotatable bonds is 5. The Morgan fingerprint density at radius 1 is 0.970 bits per heavy atom. The molecule has 0 fully saturated rings. The third-order valence-corrected chi connectivity index (χ3v) is 5.47. The zero-order valence-corrected chi connectivity index (χ0v) is 17.8. The van der Waals surface area contributed by atoms with Crippen LogP contribution in [0.3, 0.4) is 0 Å².